The Labute approximate surface area is 79.7 Å². The Hall–Kier alpha value is -0.360. The molecule has 0 aliphatic rings. The average molecular weight is 209 g/mol. The number of halogens is 1. The summed E-state index contributed by atoms with van der Waals surface area (Å²) in [7, 11) is 0. The number of oxazole rings is 1. The van der Waals surface area contributed by atoms with E-state index in [-0.39, 0.29) is 4.84 Å². The van der Waals surface area contributed by atoms with Crippen LogP contribution in [0.3, 0.4) is 0 Å². The van der Waals surface area contributed by atoms with Crippen molar-refractivity contribution in [2.24, 2.45) is 0 Å². The molecule has 1 rings (SSSR count). The maximum Gasteiger partial charge on any atom is 0.266 e. The van der Waals surface area contributed by atoms with E-state index >= 15 is 0 Å². The van der Waals surface area contributed by atoms with Crippen molar-refractivity contribution in [2.75, 3.05) is 0 Å². The molecule has 1 aromatic rings. The molecule has 68 valence electrons. The molecule has 0 fully saturated rings. The number of aromatic amines is 1. The minimum absolute atomic E-state index is 0.266. The fourth-order valence-electron chi connectivity index (χ4n) is 0.832. The highest BCUT2D eigenvalue weighted by Gasteiger charge is 2.19. The van der Waals surface area contributed by atoms with Gasteiger partial charge in [-0.1, -0.05) is 0 Å². The van der Waals surface area contributed by atoms with Crippen LogP contribution in [0.25, 0.3) is 0 Å². The van der Waals surface area contributed by atoms with E-state index in [4.69, 9.17) is 28.4 Å². The fourth-order valence-corrected chi connectivity index (χ4v) is 1.28. The lowest BCUT2D eigenvalue weighted by molar-refractivity contribution is 0.145. The topological polar surface area (TPSA) is 61.2 Å². The van der Waals surface area contributed by atoms with Crippen molar-refractivity contribution in [2.45, 2.75) is 19.1 Å². The molecule has 0 saturated carbocycles. The van der Waals surface area contributed by atoms with Gasteiger partial charge in [0.15, 0.2) is 0 Å². The molecule has 1 aromatic heterocycles. The van der Waals surface area contributed by atoms with Gasteiger partial charge in [0, 0.05) is 6.20 Å². The first-order chi connectivity index (χ1) is 5.65. The Kier molecular flexibility index (Phi) is 3.28. The van der Waals surface area contributed by atoms with E-state index in [1.54, 1.807) is 13.1 Å². The first-order valence-corrected chi connectivity index (χ1v) is 4.16. The molecule has 0 radical (unpaired) electrons. The zero-order valence-electron chi connectivity index (χ0n) is 6.37. The van der Waals surface area contributed by atoms with Crippen LogP contribution in [-0.4, -0.2) is 16.2 Å². The van der Waals surface area contributed by atoms with Crippen LogP contribution in [0.1, 0.15) is 18.7 Å². The van der Waals surface area contributed by atoms with Crippen LogP contribution >= 0.6 is 24.0 Å². The Bertz CT molecular complexity index is 296. The summed E-state index contributed by atoms with van der Waals surface area (Å²) >= 11 is 10.1. The maximum atomic E-state index is 9.22. The van der Waals surface area contributed by atoms with Crippen molar-refractivity contribution >= 4 is 24.0 Å². The van der Waals surface area contributed by atoms with Gasteiger partial charge in [0.1, 0.15) is 11.8 Å². The summed E-state index contributed by atoms with van der Waals surface area (Å²) in [4.78, 5) is 5.34. The van der Waals surface area contributed by atoms with Gasteiger partial charge in [0.2, 0.25) is 0 Å². The number of H-pyrrole nitrogens is 1. The molecule has 12 heavy (non-hydrogen) atoms. The van der Waals surface area contributed by atoms with Gasteiger partial charge >= 0.3 is 0 Å². The molecule has 0 aliphatic carbocycles. The van der Waals surface area contributed by atoms with Crippen LogP contribution in [0.2, 0.25) is 0 Å². The number of hydrogen-bond acceptors (Lipinski definition) is 4. The molecule has 4 nitrogen and oxygen atoms in total. The van der Waals surface area contributed by atoms with Gasteiger partial charge in [-0.15, -0.1) is 0 Å². The van der Waals surface area contributed by atoms with E-state index in [0.717, 1.165) is 0 Å². The largest absolute Gasteiger partial charge is 0.433 e. The lowest BCUT2D eigenvalue weighted by Crippen LogP contribution is -2.23. The van der Waals surface area contributed by atoms with Crippen LogP contribution < -0.4 is 4.84 Å². The third kappa shape index (κ3) is 2.07. The number of aliphatic hydroxyl groups is 1. The second-order valence-corrected chi connectivity index (χ2v) is 3.00. The SMILES string of the molecule is CC(O)C(NCl)c1c[nH]c(=S)o1. The van der Waals surface area contributed by atoms with Crippen LogP contribution in [0, 0.1) is 4.84 Å². The summed E-state index contributed by atoms with van der Waals surface area (Å²) in [6.45, 7) is 1.60. The highest BCUT2D eigenvalue weighted by atomic mass is 35.5. The Morgan fingerprint density at radius 1 is 1.83 bits per heavy atom. The number of rotatable bonds is 3. The molecule has 2 unspecified atom stereocenters. The highest BCUT2D eigenvalue weighted by molar-refractivity contribution is 7.71. The summed E-state index contributed by atoms with van der Waals surface area (Å²) in [5, 5.41) is 9.22. The van der Waals surface area contributed by atoms with Crippen molar-refractivity contribution in [1.82, 2.24) is 9.82 Å². The summed E-state index contributed by atoms with van der Waals surface area (Å²) in [5.74, 6) is 0.491. The molecular weight excluding hydrogens is 200 g/mol. The lowest BCUT2D eigenvalue weighted by Gasteiger charge is -2.13. The molecule has 0 saturated heterocycles. The molecule has 2 atom stereocenters. The van der Waals surface area contributed by atoms with Gasteiger partial charge in [-0.3, -0.25) is 0 Å². The molecule has 0 amide bonds. The quantitative estimate of drug-likeness (QED) is 0.521. The van der Waals surface area contributed by atoms with Gasteiger partial charge in [0.25, 0.3) is 4.84 Å². The predicted molar refractivity (Wildman–Crippen MR) is 47.3 cm³/mol. The van der Waals surface area contributed by atoms with E-state index in [9.17, 15) is 5.11 Å². The normalized spacial score (nSPS) is 15.9. The van der Waals surface area contributed by atoms with E-state index in [1.165, 1.54) is 0 Å². The number of aliphatic hydroxyl groups excluding tert-OH is 1. The second kappa shape index (κ2) is 4.04. The zero-order chi connectivity index (χ0) is 9.14. The molecule has 0 spiro atoms. The van der Waals surface area contributed by atoms with Gasteiger partial charge in [-0.2, -0.15) is 0 Å². The summed E-state index contributed by atoms with van der Waals surface area (Å²) in [6, 6.07) is -0.445. The summed E-state index contributed by atoms with van der Waals surface area (Å²) < 4.78 is 5.05. The lowest BCUT2D eigenvalue weighted by atomic mass is 10.1. The standard InChI is InChI=1S/C6H9ClN2O2S/c1-3(10)5(9-7)4-2-8-6(12)11-4/h2-3,5,9-10H,1H3,(H,8,12). The third-order valence-electron chi connectivity index (χ3n) is 1.45. The van der Waals surface area contributed by atoms with Crippen molar-refractivity contribution in [3.8, 4) is 0 Å². The van der Waals surface area contributed by atoms with Crippen LogP contribution in [-0.2, 0) is 0 Å². The summed E-state index contributed by atoms with van der Waals surface area (Å²) in [5.41, 5.74) is 0. The van der Waals surface area contributed by atoms with E-state index in [2.05, 4.69) is 9.82 Å². The minimum Gasteiger partial charge on any atom is -0.433 e. The molecule has 0 bridgehead atoms. The Morgan fingerprint density at radius 2 is 2.50 bits per heavy atom. The Morgan fingerprint density at radius 3 is 2.83 bits per heavy atom. The smallest absolute Gasteiger partial charge is 0.266 e. The number of hydrogen-bond donors (Lipinski definition) is 3. The van der Waals surface area contributed by atoms with Gasteiger partial charge < -0.3 is 14.5 Å². The van der Waals surface area contributed by atoms with Crippen LogP contribution in [0.4, 0.5) is 0 Å². The van der Waals surface area contributed by atoms with Crippen molar-refractivity contribution in [3.63, 3.8) is 0 Å². The van der Waals surface area contributed by atoms with Gasteiger partial charge in [-0.05, 0) is 30.9 Å². The van der Waals surface area contributed by atoms with E-state index in [1.807, 2.05) is 0 Å². The molecule has 1 heterocycles. The van der Waals surface area contributed by atoms with Crippen molar-refractivity contribution in [3.05, 3.63) is 16.8 Å². The predicted octanol–water partition coefficient (Wildman–Crippen LogP) is 1.50. The van der Waals surface area contributed by atoms with Gasteiger partial charge in [0.05, 0.1) is 6.10 Å². The van der Waals surface area contributed by atoms with Crippen LogP contribution in [0.5, 0.6) is 0 Å². The van der Waals surface area contributed by atoms with E-state index in [0.29, 0.717) is 5.76 Å². The monoisotopic (exact) mass is 208 g/mol. The number of nitrogens with one attached hydrogen (secondary N) is 2. The van der Waals surface area contributed by atoms with Gasteiger partial charge in [-0.25, -0.2) is 4.84 Å². The minimum atomic E-state index is -0.642. The highest BCUT2D eigenvalue weighted by Crippen LogP contribution is 2.17. The Balaban J connectivity index is 2.87. The average Bonchev–Trinajstić information content (AvgIpc) is 2.37. The summed E-state index contributed by atoms with van der Waals surface area (Å²) in [6.07, 6.45) is 0.922. The van der Waals surface area contributed by atoms with Crippen LogP contribution in [0.15, 0.2) is 10.6 Å². The fraction of sp³-hybridized carbons (Fsp3) is 0.500. The molecular formula is C6H9ClN2O2S. The molecule has 3 N–H and O–H groups in total. The molecule has 0 aliphatic heterocycles. The number of aromatic nitrogens is 1. The first kappa shape index (κ1) is 9.73. The maximum absolute atomic E-state index is 9.22. The molecule has 0 aromatic carbocycles. The van der Waals surface area contributed by atoms with Crippen molar-refractivity contribution < 1.29 is 9.52 Å². The molecule has 6 heteroatoms. The zero-order valence-corrected chi connectivity index (χ0v) is 7.95. The van der Waals surface area contributed by atoms with Crippen molar-refractivity contribution in [1.29, 1.82) is 0 Å². The first-order valence-electron chi connectivity index (χ1n) is 3.37. The van der Waals surface area contributed by atoms with E-state index < -0.39 is 12.1 Å². The second-order valence-electron chi connectivity index (χ2n) is 2.41. The third-order valence-corrected chi connectivity index (χ3v) is 1.89.